The van der Waals surface area contributed by atoms with E-state index in [4.69, 9.17) is 0 Å². The molecule has 1 heterocycles. The maximum Gasteiger partial charge on any atom is 0.255 e. The maximum atomic E-state index is 12.5. The Bertz CT molecular complexity index is 1080. The zero-order valence-corrected chi connectivity index (χ0v) is 15.3. The van der Waals surface area contributed by atoms with Crippen molar-refractivity contribution in [2.45, 2.75) is 17.7 Å². The van der Waals surface area contributed by atoms with Crippen molar-refractivity contribution in [3.05, 3.63) is 60.3 Å². The van der Waals surface area contributed by atoms with Crippen LogP contribution in [0.15, 0.2) is 59.6 Å². The third-order valence-corrected chi connectivity index (χ3v) is 6.70. The van der Waals surface area contributed by atoms with Gasteiger partial charge in [-0.25, -0.2) is 8.42 Å². The Morgan fingerprint density at radius 2 is 1.85 bits per heavy atom. The molecule has 6 heteroatoms. The molecular formula is C20H20N2O3S. The fraction of sp³-hybridized carbons (Fsp3) is 0.250. The lowest BCUT2D eigenvalue weighted by Crippen LogP contribution is -2.13. The summed E-state index contributed by atoms with van der Waals surface area (Å²) in [4.78, 5) is 12.8. The normalized spacial score (nSPS) is 14.5. The molecule has 0 saturated heterocycles. The minimum Gasteiger partial charge on any atom is -0.350 e. The van der Waals surface area contributed by atoms with E-state index < -0.39 is 9.84 Å². The van der Waals surface area contributed by atoms with E-state index in [-0.39, 0.29) is 16.6 Å². The predicted octanol–water partition coefficient (Wildman–Crippen LogP) is 3.61. The molecule has 0 aliphatic heterocycles. The number of fused-ring (bicyclic) bond motifs is 1. The van der Waals surface area contributed by atoms with Crippen molar-refractivity contribution in [3.8, 4) is 0 Å². The molecule has 0 unspecified atom stereocenters. The molecule has 4 rings (SSSR count). The quantitative estimate of drug-likeness (QED) is 0.748. The lowest BCUT2D eigenvalue weighted by molar-refractivity contribution is 0.102. The molecule has 1 aliphatic rings. The van der Waals surface area contributed by atoms with Gasteiger partial charge in [0, 0.05) is 29.7 Å². The molecule has 5 nitrogen and oxygen atoms in total. The van der Waals surface area contributed by atoms with Crippen molar-refractivity contribution in [3.63, 3.8) is 0 Å². The van der Waals surface area contributed by atoms with E-state index in [1.165, 1.54) is 12.1 Å². The number of benzene rings is 2. The van der Waals surface area contributed by atoms with E-state index in [2.05, 4.69) is 5.32 Å². The summed E-state index contributed by atoms with van der Waals surface area (Å²) in [6.45, 7) is 0. The van der Waals surface area contributed by atoms with Crippen molar-refractivity contribution >= 4 is 32.3 Å². The first-order valence-electron chi connectivity index (χ1n) is 8.62. The van der Waals surface area contributed by atoms with Crippen molar-refractivity contribution in [2.24, 2.45) is 13.0 Å². The van der Waals surface area contributed by atoms with Crippen LogP contribution in [0.3, 0.4) is 0 Å². The molecule has 1 amide bonds. The van der Waals surface area contributed by atoms with Gasteiger partial charge in [-0.15, -0.1) is 0 Å². The highest BCUT2D eigenvalue weighted by Crippen LogP contribution is 2.32. The van der Waals surface area contributed by atoms with Gasteiger partial charge < -0.3 is 9.88 Å². The first kappa shape index (κ1) is 16.8. The summed E-state index contributed by atoms with van der Waals surface area (Å²) < 4.78 is 26.6. The van der Waals surface area contributed by atoms with E-state index in [1.54, 1.807) is 12.1 Å². The van der Waals surface area contributed by atoms with Crippen LogP contribution in [-0.4, -0.2) is 24.6 Å². The number of carbonyl (C=O) groups is 1. The molecule has 0 radical (unpaired) electrons. The average Bonchev–Trinajstić information content (AvgIpc) is 3.35. The summed E-state index contributed by atoms with van der Waals surface area (Å²) in [5.74, 6) is 0.246. The third kappa shape index (κ3) is 3.24. The molecule has 1 aromatic heterocycles. The lowest BCUT2D eigenvalue weighted by atomic mass is 10.2. The second-order valence-electron chi connectivity index (χ2n) is 6.87. The number of carbonyl (C=O) groups excluding carboxylic acids is 1. The van der Waals surface area contributed by atoms with Crippen LogP contribution in [0.1, 0.15) is 23.2 Å². The molecule has 2 aromatic carbocycles. The average molecular weight is 368 g/mol. The number of nitrogens with one attached hydrogen (secondary N) is 1. The zero-order chi connectivity index (χ0) is 18.3. The number of sulfone groups is 1. The Kier molecular flexibility index (Phi) is 4.07. The van der Waals surface area contributed by atoms with E-state index in [0.29, 0.717) is 11.5 Å². The summed E-state index contributed by atoms with van der Waals surface area (Å²) in [5.41, 5.74) is 2.20. The van der Waals surface area contributed by atoms with Crippen LogP contribution in [0.2, 0.25) is 0 Å². The number of hydrogen-bond acceptors (Lipinski definition) is 3. The third-order valence-electron chi connectivity index (χ3n) is 4.80. The smallest absolute Gasteiger partial charge is 0.255 e. The van der Waals surface area contributed by atoms with E-state index in [1.807, 2.05) is 42.1 Å². The summed E-state index contributed by atoms with van der Waals surface area (Å²) in [5, 5.41) is 3.88. The Morgan fingerprint density at radius 1 is 1.12 bits per heavy atom. The molecule has 1 fully saturated rings. The minimum absolute atomic E-state index is 0.203. The first-order chi connectivity index (χ1) is 12.4. The molecule has 0 bridgehead atoms. The Morgan fingerprint density at radius 3 is 2.54 bits per heavy atom. The highest BCUT2D eigenvalue weighted by Gasteiger charge is 2.29. The number of nitrogens with zero attached hydrogens (tertiary/aromatic N) is 1. The number of hydrogen-bond donors (Lipinski definition) is 1. The fourth-order valence-corrected chi connectivity index (χ4v) is 4.81. The highest BCUT2D eigenvalue weighted by molar-refractivity contribution is 7.91. The van der Waals surface area contributed by atoms with E-state index >= 15 is 0 Å². The van der Waals surface area contributed by atoms with E-state index in [0.717, 1.165) is 29.4 Å². The number of anilines is 1. The van der Waals surface area contributed by atoms with Crippen LogP contribution < -0.4 is 5.32 Å². The molecule has 134 valence electrons. The number of rotatable bonds is 5. The largest absolute Gasteiger partial charge is 0.350 e. The van der Waals surface area contributed by atoms with Gasteiger partial charge in [-0.1, -0.05) is 6.07 Å². The molecule has 1 saturated carbocycles. The first-order valence-corrected chi connectivity index (χ1v) is 10.3. The van der Waals surface area contributed by atoms with Crippen LogP contribution in [0.25, 0.3) is 10.9 Å². The van der Waals surface area contributed by atoms with Crippen LogP contribution >= 0.6 is 0 Å². The summed E-state index contributed by atoms with van der Waals surface area (Å²) in [6.07, 6.45) is 3.93. The summed E-state index contributed by atoms with van der Waals surface area (Å²) in [6, 6.07) is 13.9. The second kappa shape index (κ2) is 6.29. The summed E-state index contributed by atoms with van der Waals surface area (Å²) >= 11 is 0. The van der Waals surface area contributed by atoms with Crippen LogP contribution in [0.4, 0.5) is 5.69 Å². The van der Waals surface area contributed by atoms with Gasteiger partial charge in [0.1, 0.15) is 0 Å². The Hall–Kier alpha value is -2.60. The molecule has 0 spiro atoms. The Balaban J connectivity index is 1.54. The molecule has 26 heavy (non-hydrogen) atoms. The van der Waals surface area contributed by atoms with Crippen molar-refractivity contribution in [2.75, 3.05) is 11.1 Å². The monoisotopic (exact) mass is 368 g/mol. The van der Waals surface area contributed by atoms with Gasteiger partial charge in [-0.05, 0) is 61.2 Å². The molecule has 0 atom stereocenters. The lowest BCUT2D eigenvalue weighted by Gasteiger charge is -2.08. The fourth-order valence-electron chi connectivity index (χ4n) is 3.11. The standard InChI is InChI=1S/C20H20N2O3S/c1-22-12-11-17-18(3-2-4-19(17)22)21-20(23)15-7-9-16(10-8-15)26(24,25)13-14-5-6-14/h2-4,7-12,14H,5-6,13H2,1H3,(H,21,23). The number of amides is 1. The molecule has 1 aliphatic carbocycles. The van der Waals surface area contributed by atoms with E-state index in [9.17, 15) is 13.2 Å². The Labute approximate surface area is 152 Å². The molecule has 3 aromatic rings. The van der Waals surface area contributed by atoms with Gasteiger partial charge in [0.15, 0.2) is 9.84 Å². The van der Waals surface area contributed by atoms with Gasteiger partial charge >= 0.3 is 0 Å². The number of aryl methyl sites for hydroxylation is 1. The van der Waals surface area contributed by atoms with Gasteiger partial charge in [0.05, 0.1) is 16.3 Å². The summed E-state index contributed by atoms with van der Waals surface area (Å²) in [7, 11) is -1.31. The van der Waals surface area contributed by atoms with Gasteiger partial charge in [-0.2, -0.15) is 0 Å². The van der Waals surface area contributed by atoms with Crippen LogP contribution in [-0.2, 0) is 16.9 Å². The minimum atomic E-state index is -3.26. The van der Waals surface area contributed by atoms with Crippen molar-refractivity contribution < 1.29 is 13.2 Å². The van der Waals surface area contributed by atoms with Crippen LogP contribution in [0.5, 0.6) is 0 Å². The van der Waals surface area contributed by atoms with Gasteiger partial charge in [0.2, 0.25) is 0 Å². The zero-order valence-electron chi connectivity index (χ0n) is 14.5. The number of aromatic nitrogens is 1. The second-order valence-corrected chi connectivity index (χ2v) is 8.90. The van der Waals surface area contributed by atoms with Crippen LogP contribution in [0, 0.1) is 5.92 Å². The maximum absolute atomic E-state index is 12.5. The molecule has 1 N–H and O–H groups in total. The van der Waals surface area contributed by atoms with Gasteiger partial charge in [0.25, 0.3) is 5.91 Å². The van der Waals surface area contributed by atoms with Crippen molar-refractivity contribution in [1.82, 2.24) is 4.57 Å². The van der Waals surface area contributed by atoms with Gasteiger partial charge in [-0.3, -0.25) is 4.79 Å². The topological polar surface area (TPSA) is 68.2 Å². The SMILES string of the molecule is Cn1ccc2c(NC(=O)c3ccc(S(=O)(=O)CC4CC4)cc3)cccc21. The predicted molar refractivity (Wildman–Crippen MR) is 102 cm³/mol. The van der Waals surface area contributed by atoms with Crippen molar-refractivity contribution in [1.29, 1.82) is 0 Å². The molecular weight excluding hydrogens is 348 g/mol. The highest BCUT2D eigenvalue weighted by atomic mass is 32.2.